The smallest absolute Gasteiger partial charge is 0.160 e. The molecule has 0 radical (unpaired) electrons. The van der Waals surface area contributed by atoms with Crippen molar-refractivity contribution in [3.63, 3.8) is 0 Å². The predicted octanol–water partition coefficient (Wildman–Crippen LogP) is 4.10. The number of aryl methyl sites for hydroxylation is 1. The fraction of sp³-hybridized carbons (Fsp3) is 0.652. The van der Waals surface area contributed by atoms with Gasteiger partial charge in [-0.2, -0.15) is 0 Å². The molecule has 2 rings (SSSR count). The average molecular weight is 390 g/mol. The number of ether oxygens (including phenoxy) is 2. The van der Waals surface area contributed by atoms with Crippen LogP contribution in [0.3, 0.4) is 0 Å². The maximum Gasteiger partial charge on any atom is 0.160 e. The van der Waals surface area contributed by atoms with Crippen molar-refractivity contribution in [1.82, 2.24) is 0 Å². The van der Waals surface area contributed by atoms with Crippen LogP contribution in [0.25, 0.3) is 0 Å². The van der Waals surface area contributed by atoms with Gasteiger partial charge < -0.3 is 15.2 Å². The van der Waals surface area contributed by atoms with Gasteiger partial charge in [0.1, 0.15) is 11.6 Å². The molecule has 1 aromatic rings. The fourth-order valence-electron chi connectivity index (χ4n) is 4.29. The highest BCUT2D eigenvalue weighted by Gasteiger charge is 2.29. The van der Waals surface area contributed by atoms with Gasteiger partial charge in [0, 0.05) is 18.8 Å². The van der Waals surface area contributed by atoms with Crippen molar-refractivity contribution in [2.24, 2.45) is 17.6 Å². The predicted molar refractivity (Wildman–Crippen MR) is 111 cm³/mol. The van der Waals surface area contributed by atoms with Gasteiger partial charge in [-0.3, -0.25) is 9.59 Å². The number of benzene rings is 1. The van der Waals surface area contributed by atoms with E-state index in [2.05, 4.69) is 0 Å². The van der Waals surface area contributed by atoms with Crippen LogP contribution in [-0.4, -0.2) is 32.3 Å². The van der Waals surface area contributed by atoms with Crippen molar-refractivity contribution < 1.29 is 19.1 Å². The van der Waals surface area contributed by atoms with E-state index >= 15 is 0 Å². The lowest BCUT2D eigenvalue weighted by molar-refractivity contribution is -0.125. The molecule has 0 heterocycles. The quantitative estimate of drug-likeness (QED) is 0.455. The van der Waals surface area contributed by atoms with E-state index in [4.69, 9.17) is 15.2 Å². The van der Waals surface area contributed by atoms with Gasteiger partial charge in [0.05, 0.1) is 20.8 Å². The van der Waals surface area contributed by atoms with E-state index in [1.807, 2.05) is 18.2 Å². The Morgan fingerprint density at radius 3 is 2.50 bits per heavy atom. The third-order valence-electron chi connectivity index (χ3n) is 5.88. The van der Waals surface area contributed by atoms with Crippen LogP contribution in [0.15, 0.2) is 18.2 Å². The summed E-state index contributed by atoms with van der Waals surface area (Å²) in [5, 5.41) is 0. The normalized spacial score (nSPS) is 19.7. The monoisotopic (exact) mass is 389 g/mol. The van der Waals surface area contributed by atoms with Gasteiger partial charge in [0.2, 0.25) is 0 Å². The lowest BCUT2D eigenvalue weighted by Crippen LogP contribution is -2.30. The van der Waals surface area contributed by atoms with E-state index in [-0.39, 0.29) is 29.9 Å². The summed E-state index contributed by atoms with van der Waals surface area (Å²) in [6.07, 6.45) is 9.08. The Balaban J connectivity index is 1.78. The second-order valence-electron chi connectivity index (χ2n) is 7.81. The molecule has 1 unspecified atom stereocenters. The molecule has 5 nitrogen and oxygen atoms in total. The molecule has 1 saturated carbocycles. The third-order valence-corrected chi connectivity index (χ3v) is 5.88. The molecule has 0 amide bonds. The van der Waals surface area contributed by atoms with Gasteiger partial charge in [-0.15, -0.1) is 0 Å². The van der Waals surface area contributed by atoms with Crippen molar-refractivity contribution in [3.8, 4) is 11.5 Å². The van der Waals surface area contributed by atoms with Gasteiger partial charge in [-0.05, 0) is 55.7 Å². The molecule has 1 aliphatic rings. The van der Waals surface area contributed by atoms with Crippen LogP contribution in [0.1, 0.15) is 63.4 Å². The maximum atomic E-state index is 12.5. The molecule has 0 spiro atoms. The first-order valence-corrected chi connectivity index (χ1v) is 10.5. The van der Waals surface area contributed by atoms with Crippen LogP contribution in [-0.2, 0) is 16.0 Å². The van der Waals surface area contributed by atoms with Crippen molar-refractivity contribution in [2.75, 3.05) is 20.8 Å². The third kappa shape index (κ3) is 6.62. The number of rotatable bonds is 11. The Morgan fingerprint density at radius 1 is 1.04 bits per heavy atom. The van der Waals surface area contributed by atoms with Crippen molar-refractivity contribution in [1.29, 1.82) is 0 Å². The van der Waals surface area contributed by atoms with E-state index in [1.165, 1.54) is 5.56 Å². The molecule has 1 aromatic carbocycles. The zero-order valence-electron chi connectivity index (χ0n) is 17.4. The number of carbonyl (C=O) groups is 2. The Hall–Kier alpha value is -1.88. The number of ketones is 2. The summed E-state index contributed by atoms with van der Waals surface area (Å²) < 4.78 is 10.6. The topological polar surface area (TPSA) is 78.6 Å². The standard InChI is InChI=1S/C23H35NO4/c1-27-22-13-12-17(14-23(22)28-2)8-6-7-10-19(25)15-18-9-4-3-5-11-20(18)21(26)16-24/h12-14,18,20H,3-11,15-16,24H2,1-2H3/t18-,20?/m0/s1. The summed E-state index contributed by atoms with van der Waals surface area (Å²) in [7, 11) is 3.26. The van der Waals surface area contributed by atoms with E-state index in [1.54, 1.807) is 14.2 Å². The van der Waals surface area contributed by atoms with Gasteiger partial charge >= 0.3 is 0 Å². The second-order valence-corrected chi connectivity index (χ2v) is 7.81. The summed E-state index contributed by atoms with van der Waals surface area (Å²) in [5.74, 6) is 2.06. The maximum absolute atomic E-state index is 12.5. The number of Topliss-reactive ketones (excluding diaryl/α,β-unsaturated/α-hetero) is 2. The number of carbonyl (C=O) groups excluding carboxylic acids is 2. The first-order valence-electron chi connectivity index (χ1n) is 10.5. The van der Waals surface area contributed by atoms with Crippen LogP contribution in [0.4, 0.5) is 0 Å². The van der Waals surface area contributed by atoms with Crippen molar-refractivity contribution in [2.45, 2.75) is 64.2 Å². The van der Waals surface area contributed by atoms with Crippen LogP contribution in [0.2, 0.25) is 0 Å². The number of methoxy groups -OCH3 is 2. The van der Waals surface area contributed by atoms with E-state index in [0.29, 0.717) is 12.8 Å². The summed E-state index contributed by atoms with van der Waals surface area (Å²) in [6, 6.07) is 5.95. The minimum Gasteiger partial charge on any atom is -0.493 e. The molecule has 0 aliphatic heterocycles. The SMILES string of the molecule is COc1ccc(CCCCC(=O)C[C@@H]2CCCCCC2C(=O)CN)cc1OC. The van der Waals surface area contributed by atoms with E-state index in [9.17, 15) is 9.59 Å². The number of hydrogen-bond acceptors (Lipinski definition) is 5. The highest BCUT2D eigenvalue weighted by molar-refractivity contribution is 5.84. The molecule has 2 atom stereocenters. The van der Waals surface area contributed by atoms with Crippen LogP contribution >= 0.6 is 0 Å². The van der Waals surface area contributed by atoms with Gasteiger partial charge in [-0.25, -0.2) is 0 Å². The Labute approximate surface area is 169 Å². The number of nitrogens with two attached hydrogens (primary N) is 1. The summed E-state index contributed by atoms with van der Waals surface area (Å²) in [5.41, 5.74) is 6.77. The van der Waals surface area contributed by atoms with Crippen LogP contribution in [0.5, 0.6) is 11.5 Å². The molecular weight excluding hydrogens is 354 g/mol. The lowest BCUT2D eigenvalue weighted by atomic mass is 9.81. The molecule has 156 valence electrons. The first-order chi connectivity index (χ1) is 13.6. The van der Waals surface area contributed by atoms with E-state index < -0.39 is 0 Å². The molecule has 0 aromatic heterocycles. The van der Waals surface area contributed by atoms with Crippen molar-refractivity contribution in [3.05, 3.63) is 23.8 Å². The molecule has 2 N–H and O–H groups in total. The zero-order chi connectivity index (χ0) is 20.4. The number of unbranched alkanes of at least 4 members (excludes halogenated alkanes) is 1. The van der Waals surface area contributed by atoms with Gasteiger partial charge in [0.15, 0.2) is 11.5 Å². The minimum atomic E-state index is -0.0109. The molecule has 5 heteroatoms. The summed E-state index contributed by atoms with van der Waals surface area (Å²) in [4.78, 5) is 24.7. The Bertz CT molecular complexity index is 643. The zero-order valence-corrected chi connectivity index (χ0v) is 17.4. The highest BCUT2D eigenvalue weighted by Crippen LogP contribution is 2.32. The first kappa shape index (κ1) is 22.4. The lowest BCUT2D eigenvalue weighted by Gasteiger charge is -2.23. The van der Waals surface area contributed by atoms with Gasteiger partial charge in [-0.1, -0.05) is 25.3 Å². The molecular formula is C23H35NO4. The van der Waals surface area contributed by atoms with Crippen LogP contribution in [0, 0.1) is 11.8 Å². The number of hydrogen-bond donors (Lipinski definition) is 1. The molecule has 0 saturated heterocycles. The molecule has 0 bridgehead atoms. The average Bonchev–Trinajstić information content (AvgIpc) is 2.95. The molecule has 1 aliphatic carbocycles. The Morgan fingerprint density at radius 2 is 1.79 bits per heavy atom. The van der Waals surface area contributed by atoms with Gasteiger partial charge in [0.25, 0.3) is 0 Å². The highest BCUT2D eigenvalue weighted by atomic mass is 16.5. The summed E-state index contributed by atoms with van der Waals surface area (Å²) in [6.45, 7) is 0.0979. The van der Waals surface area contributed by atoms with Crippen LogP contribution < -0.4 is 15.2 Å². The van der Waals surface area contributed by atoms with E-state index in [0.717, 1.165) is 62.9 Å². The second kappa shape index (κ2) is 11.8. The Kier molecular flexibility index (Phi) is 9.48. The summed E-state index contributed by atoms with van der Waals surface area (Å²) >= 11 is 0. The largest absolute Gasteiger partial charge is 0.493 e. The fourth-order valence-corrected chi connectivity index (χ4v) is 4.29. The van der Waals surface area contributed by atoms with Crippen molar-refractivity contribution >= 4 is 11.6 Å². The minimum absolute atomic E-state index is 0.0109. The molecule has 28 heavy (non-hydrogen) atoms. The molecule has 1 fully saturated rings.